The van der Waals surface area contributed by atoms with Crippen LogP contribution in [0.1, 0.15) is 36.3 Å². The summed E-state index contributed by atoms with van der Waals surface area (Å²) < 4.78 is 10.4. The van der Waals surface area contributed by atoms with Crippen LogP contribution in [0.5, 0.6) is 5.75 Å². The molecule has 1 aliphatic rings. The third-order valence-electron chi connectivity index (χ3n) is 5.49. The van der Waals surface area contributed by atoms with E-state index in [0.29, 0.717) is 5.92 Å². The number of aliphatic imine (C=N–C) groups is 1. The molecule has 1 aromatic carbocycles. The number of nitrogens with zero attached hydrogens (tertiary/aromatic N) is 4. The number of guanidine groups is 1. The van der Waals surface area contributed by atoms with Crippen LogP contribution < -0.4 is 10.1 Å². The Balaban J connectivity index is 0.00000320. The van der Waals surface area contributed by atoms with Gasteiger partial charge >= 0.3 is 0 Å². The van der Waals surface area contributed by atoms with E-state index in [1.807, 2.05) is 32.2 Å². The first-order chi connectivity index (χ1) is 14.1. The summed E-state index contributed by atoms with van der Waals surface area (Å²) in [4.78, 5) is 9.23. The summed E-state index contributed by atoms with van der Waals surface area (Å²) in [5.41, 5.74) is 2.34. The summed E-state index contributed by atoms with van der Waals surface area (Å²) in [5.74, 6) is 3.24. The zero-order valence-electron chi connectivity index (χ0n) is 18.4. The maximum absolute atomic E-state index is 5.24. The Morgan fingerprint density at radius 2 is 1.93 bits per heavy atom. The molecule has 1 atom stereocenters. The fraction of sp³-hybridized carbons (Fsp3) is 0.545. The lowest BCUT2D eigenvalue weighted by Gasteiger charge is -2.36. The van der Waals surface area contributed by atoms with E-state index in [0.717, 1.165) is 68.9 Å². The zero-order valence-corrected chi connectivity index (χ0v) is 20.8. The van der Waals surface area contributed by atoms with Crippen molar-refractivity contribution in [3.8, 4) is 5.75 Å². The largest absolute Gasteiger partial charge is 0.497 e. The molecule has 2 heterocycles. The topological polar surface area (TPSA) is 66.1 Å². The molecule has 1 saturated heterocycles. The molecule has 2 aromatic rings. The second kappa shape index (κ2) is 12.1. The average Bonchev–Trinajstić information content (AvgIpc) is 3.16. The number of hydrogen-bond acceptors (Lipinski definition) is 5. The molecule has 7 nitrogen and oxygen atoms in total. The van der Waals surface area contributed by atoms with Crippen LogP contribution in [0.4, 0.5) is 0 Å². The standard InChI is InChI=1S/C22H33N5O2.HI/c1-17(19-5-7-21(28-4)8-6-19)9-10-24-22(23-3)27-13-11-26(12-14-27)16-20-15-18(2)29-25-20;/h5-8,15,17H,9-14,16H2,1-4H3,(H,23,24);1H. The predicted molar refractivity (Wildman–Crippen MR) is 131 cm³/mol. The number of methoxy groups -OCH3 is 1. The van der Waals surface area contributed by atoms with E-state index in [9.17, 15) is 0 Å². The first kappa shape index (κ1) is 24.5. The van der Waals surface area contributed by atoms with Crippen molar-refractivity contribution in [2.24, 2.45) is 4.99 Å². The van der Waals surface area contributed by atoms with Crippen LogP contribution in [-0.2, 0) is 6.54 Å². The van der Waals surface area contributed by atoms with Gasteiger partial charge < -0.3 is 19.5 Å². The third-order valence-corrected chi connectivity index (χ3v) is 5.49. The van der Waals surface area contributed by atoms with E-state index in [1.54, 1.807) is 7.11 Å². The summed E-state index contributed by atoms with van der Waals surface area (Å²) in [6.07, 6.45) is 1.05. The van der Waals surface area contributed by atoms with Gasteiger partial charge in [-0.05, 0) is 37.0 Å². The summed E-state index contributed by atoms with van der Waals surface area (Å²) in [6.45, 7) is 9.85. The number of aromatic nitrogens is 1. The van der Waals surface area contributed by atoms with E-state index in [-0.39, 0.29) is 24.0 Å². The number of hydrogen-bond donors (Lipinski definition) is 1. The molecule has 0 bridgehead atoms. The Kier molecular flexibility index (Phi) is 9.90. The SMILES string of the molecule is CN=C(NCCC(C)c1ccc(OC)cc1)N1CCN(Cc2cc(C)on2)CC1.I. The van der Waals surface area contributed by atoms with E-state index in [1.165, 1.54) is 5.56 Å². The summed E-state index contributed by atoms with van der Waals surface area (Å²) in [6, 6.07) is 10.4. The van der Waals surface area contributed by atoms with Crippen molar-refractivity contribution in [3.63, 3.8) is 0 Å². The van der Waals surface area contributed by atoms with E-state index < -0.39 is 0 Å². The van der Waals surface area contributed by atoms with Gasteiger partial charge in [0.25, 0.3) is 0 Å². The van der Waals surface area contributed by atoms with Gasteiger partial charge in [-0.15, -0.1) is 24.0 Å². The minimum Gasteiger partial charge on any atom is -0.497 e. The minimum atomic E-state index is 0. The molecule has 1 N–H and O–H groups in total. The molecule has 0 spiro atoms. The van der Waals surface area contributed by atoms with Crippen LogP contribution in [0.2, 0.25) is 0 Å². The Hall–Kier alpha value is -1.81. The van der Waals surface area contributed by atoms with Crippen molar-refractivity contribution in [2.45, 2.75) is 32.7 Å². The number of rotatable bonds is 7. The van der Waals surface area contributed by atoms with Gasteiger partial charge in [0.05, 0.1) is 12.8 Å². The van der Waals surface area contributed by atoms with Crippen LogP contribution >= 0.6 is 24.0 Å². The van der Waals surface area contributed by atoms with E-state index in [4.69, 9.17) is 9.26 Å². The molecule has 0 radical (unpaired) electrons. The van der Waals surface area contributed by atoms with Gasteiger partial charge in [0.1, 0.15) is 11.5 Å². The first-order valence-electron chi connectivity index (χ1n) is 10.3. The van der Waals surface area contributed by atoms with Crippen molar-refractivity contribution in [1.29, 1.82) is 0 Å². The molecule has 1 unspecified atom stereocenters. The molecular formula is C22H34IN5O2. The zero-order chi connectivity index (χ0) is 20.6. The quantitative estimate of drug-likeness (QED) is 0.338. The van der Waals surface area contributed by atoms with Crippen LogP contribution in [0.3, 0.4) is 0 Å². The molecule has 3 rings (SSSR count). The molecule has 30 heavy (non-hydrogen) atoms. The van der Waals surface area contributed by atoms with E-state index in [2.05, 4.69) is 44.3 Å². The van der Waals surface area contributed by atoms with Crippen molar-refractivity contribution < 1.29 is 9.26 Å². The average molecular weight is 527 g/mol. The van der Waals surface area contributed by atoms with Crippen molar-refractivity contribution in [3.05, 3.63) is 47.3 Å². The van der Waals surface area contributed by atoms with Crippen LogP contribution in [0.15, 0.2) is 39.8 Å². The monoisotopic (exact) mass is 527 g/mol. The third kappa shape index (κ3) is 6.87. The summed E-state index contributed by atoms with van der Waals surface area (Å²) in [5, 5.41) is 7.63. The number of ether oxygens (including phenoxy) is 1. The first-order valence-corrected chi connectivity index (χ1v) is 10.3. The number of nitrogens with one attached hydrogen (secondary N) is 1. The molecule has 1 aromatic heterocycles. The molecule has 1 aliphatic heterocycles. The Bertz CT molecular complexity index is 785. The van der Waals surface area contributed by atoms with Gasteiger partial charge in [-0.25, -0.2) is 0 Å². The Morgan fingerprint density at radius 1 is 1.23 bits per heavy atom. The van der Waals surface area contributed by atoms with Crippen molar-refractivity contribution >= 4 is 29.9 Å². The molecule has 8 heteroatoms. The lowest BCUT2D eigenvalue weighted by atomic mass is 9.98. The highest BCUT2D eigenvalue weighted by Gasteiger charge is 2.20. The predicted octanol–water partition coefficient (Wildman–Crippen LogP) is 3.50. The lowest BCUT2D eigenvalue weighted by Crippen LogP contribution is -2.52. The van der Waals surface area contributed by atoms with Gasteiger partial charge in [-0.1, -0.05) is 24.2 Å². The van der Waals surface area contributed by atoms with Gasteiger partial charge in [0.15, 0.2) is 5.96 Å². The van der Waals surface area contributed by atoms with Crippen LogP contribution in [0, 0.1) is 6.92 Å². The number of halogens is 1. The van der Waals surface area contributed by atoms with Crippen LogP contribution in [0.25, 0.3) is 0 Å². The number of piperazine rings is 1. The second-order valence-electron chi connectivity index (χ2n) is 7.63. The highest BCUT2D eigenvalue weighted by molar-refractivity contribution is 14.0. The van der Waals surface area contributed by atoms with Gasteiger partial charge in [0, 0.05) is 52.4 Å². The normalized spacial score (nSPS) is 16.1. The maximum Gasteiger partial charge on any atom is 0.193 e. The fourth-order valence-corrected chi connectivity index (χ4v) is 3.67. The van der Waals surface area contributed by atoms with Crippen molar-refractivity contribution in [1.82, 2.24) is 20.3 Å². The maximum atomic E-state index is 5.24. The molecular weight excluding hydrogens is 493 g/mol. The number of aryl methyl sites for hydroxylation is 1. The number of benzene rings is 1. The molecule has 0 amide bonds. The smallest absolute Gasteiger partial charge is 0.193 e. The fourth-order valence-electron chi connectivity index (χ4n) is 3.67. The van der Waals surface area contributed by atoms with Crippen molar-refractivity contribution in [2.75, 3.05) is 46.9 Å². The second-order valence-corrected chi connectivity index (χ2v) is 7.63. The highest BCUT2D eigenvalue weighted by atomic mass is 127. The van der Waals surface area contributed by atoms with Gasteiger partial charge in [-0.2, -0.15) is 0 Å². The Morgan fingerprint density at radius 3 is 2.50 bits per heavy atom. The Labute approximate surface area is 196 Å². The molecule has 0 saturated carbocycles. The van der Waals surface area contributed by atoms with Gasteiger partial charge in [-0.3, -0.25) is 9.89 Å². The summed E-state index contributed by atoms with van der Waals surface area (Å²) >= 11 is 0. The minimum absolute atomic E-state index is 0. The molecule has 166 valence electrons. The molecule has 1 fully saturated rings. The van der Waals surface area contributed by atoms with E-state index >= 15 is 0 Å². The molecule has 0 aliphatic carbocycles. The van der Waals surface area contributed by atoms with Crippen LogP contribution in [-0.4, -0.2) is 67.8 Å². The highest BCUT2D eigenvalue weighted by Crippen LogP contribution is 2.21. The summed E-state index contributed by atoms with van der Waals surface area (Å²) in [7, 11) is 3.56. The van der Waals surface area contributed by atoms with Gasteiger partial charge in [0.2, 0.25) is 0 Å². The lowest BCUT2D eigenvalue weighted by molar-refractivity contribution is 0.169.